The van der Waals surface area contributed by atoms with Gasteiger partial charge in [0.15, 0.2) is 0 Å². The van der Waals surface area contributed by atoms with Gasteiger partial charge in [-0.25, -0.2) is 9.97 Å². The van der Waals surface area contributed by atoms with Gasteiger partial charge in [-0.1, -0.05) is 66.7 Å². The number of hydrogen-bond acceptors (Lipinski definition) is 10. The van der Waals surface area contributed by atoms with Crippen LogP contribution >= 0.6 is 0 Å². The lowest BCUT2D eigenvalue weighted by atomic mass is 9.92. The smallest absolute Gasteiger partial charge is 0.143 e. The predicted molar refractivity (Wildman–Crippen MR) is 250 cm³/mol. The Kier molecular flexibility index (Phi) is 12.6. The molecule has 4 aromatic carbocycles. The summed E-state index contributed by atoms with van der Waals surface area (Å²) in [5.74, 6) is 2.02. The van der Waals surface area contributed by atoms with Gasteiger partial charge in [-0.3, -0.25) is 0 Å². The zero-order valence-corrected chi connectivity index (χ0v) is 34.9. The SMILES string of the molecule is OCCOc1ccccc1-c1c(-c2ccccc2OCCO)c2c(-c3ccccc3OCCO)c3nc(cc4ccc(cc5nc(cc1n2-c1ccccc1OCCO)C=C5)[nH]4)C=C3. The molecule has 0 atom stereocenters. The van der Waals surface area contributed by atoms with Gasteiger partial charge in [0.05, 0.1) is 65.9 Å². The number of fused-ring (bicyclic) bond motifs is 8. The summed E-state index contributed by atoms with van der Waals surface area (Å²) in [6.07, 6.45) is 7.88. The Balaban J connectivity index is 1.63. The number of hydrogen-bond donors (Lipinski definition) is 5. The number of aliphatic hydroxyl groups is 4. The summed E-state index contributed by atoms with van der Waals surface area (Å²) in [5.41, 5.74) is 10.5. The number of aromatic nitrogens is 4. The Morgan fingerprint density at radius 1 is 0.438 bits per heavy atom. The number of ether oxygens (including phenoxy) is 4. The molecule has 2 aliphatic heterocycles. The Bertz CT molecular complexity index is 3040. The fourth-order valence-corrected chi connectivity index (χ4v) is 8.13. The van der Waals surface area contributed by atoms with Crippen LogP contribution in [0.25, 0.3) is 85.4 Å². The van der Waals surface area contributed by atoms with Crippen LogP contribution in [0.1, 0.15) is 22.8 Å². The van der Waals surface area contributed by atoms with E-state index in [-0.39, 0.29) is 52.9 Å². The van der Waals surface area contributed by atoms with Crippen LogP contribution in [0.4, 0.5) is 0 Å². The molecule has 5 heterocycles. The second kappa shape index (κ2) is 19.3. The molecule has 0 radical (unpaired) electrons. The third-order valence-electron chi connectivity index (χ3n) is 10.6. The minimum atomic E-state index is -0.213. The number of para-hydroxylation sites is 5. The molecule has 0 amide bonds. The molecule has 0 unspecified atom stereocenters. The van der Waals surface area contributed by atoms with Crippen LogP contribution in [0.15, 0.2) is 127 Å². The fourth-order valence-electron chi connectivity index (χ4n) is 8.13. The zero-order chi connectivity index (χ0) is 43.8. The Labute approximate surface area is 369 Å². The van der Waals surface area contributed by atoms with Crippen molar-refractivity contribution >= 4 is 46.4 Å². The van der Waals surface area contributed by atoms with Gasteiger partial charge in [0.1, 0.15) is 49.4 Å². The summed E-state index contributed by atoms with van der Waals surface area (Å²) in [4.78, 5) is 13.9. The molecule has 12 heteroatoms. The van der Waals surface area contributed by atoms with Gasteiger partial charge >= 0.3 is 0 Å². The molecule has 7 aromatic rings. The molecular formula is C52H46N4O8. The molecule has 8 bridgehead atoms. The molecule has 0 aliphatic carbocycles. The second-order valence-corrected chi connectivity index (χ2v) is 14.8. The number of nitrogens with zero attached hydrogens (tertiary/aromatic N) is 3. The van der Waals surface area contributed by atoms with Crippen molar-refractivity contribution in [3.05, 3.63) is 150 Å². The first-order chi connectivity index (χ1) is 31.6. The molecule has 0 spiro atoms. The van der Waals surface area contributed by atoms with Crippen LogP contribution in [-0.2, 0) is 0 Å². The number of benzene rings is 4. The maximum atomic E-state index is 10.1. The van der Waals surface area contributed by atoms with Crippen LogP contribution in [0.3, 0.4) is 0 Å². The molecule has 9 rings (SSSR count). The highest BCUT2D eigenvalue weighted by atomic mass is 16.5. The van der Waals surface area contributed by atoms with E-state index in [1.165, 1.54) is 0 Å². The number of rotatable bonds is 16. The van der Waals surface area contributed by atoms with Crippen molar-refractivity contribution in [2.45, 2.75) is 0 Å². The highest BCUT2D eigenvalue weighted by Crippen LogP contribution is 2.52. The summed E-state index contributed by atoms with van der Waals surface area (Å²) in [6.45, 7) is -0.691. The largest absolute Gasteiger partial charge is 0.491 e. The van der Waals surface area contributed by atoms with Crippen molar-refractivity contribution < 1.29 is 39.4 Å². The molecule has 0 saturated heterocycles. The topological polar surface area (TPSA) is 164 Å². The van der Waals surface area contributed by atoms with E-state index >= 15 is 0 Å². The lowest BCUT2D eigenvalue weighted by Gasteiger charge is -2.18. The molecule has 5 N–H and O–H groups in total. The van der Waals surface area contributed by atoms with E-state index in [0.29, 0.717) is 84.6 Å². The Morgan fingerprint density at radius 3 is 1.44 bits per heavy atom. The molecule has 0 saturated carbocycles. The summed E-state index contributed by atoms with van der Waals surface area (Å²) in [5, 5.41) is 40.3. The zero-order valence-electron chi connectivity index (χ0n) is 34.9. The Hall–Kier alpha value is -7.48. The van der Waals surface area contributed by atoms with Gasteiger partial charge in [0.2, 0.25) is 0 Å². The minimum Gasteiger partial charge on any atom is -0.491 e. The first-order valence-electron chi connectivity index (χ1n) is 21.1. The second-order valence-electron chi connectivity index (χ2n) is 14.8. The van der Waals surface area contributed by atoms with Gasteiger partial charge in [0, 0.05) is 44.4 Å². The van der Waals surface area contributed by atoms with Gasteiger partial charge < -0.3 is 48.9 Å². The van der Waals surface area contributed by atoms with Gasteiger partial charge in [-0.05, 0) is 85.0 Å². The van der Waals surface area contributed by atoms with Crippen molar-refractivity contribution in [3.63, 3.8) is 0 Å². The molecule has 0 fully saturated rings. The van der Waals surface area contributed by atoms with Crippen molar-refractivity contribution in [2.24, 2.45) is 0 Å². The average Bonchev–Trinajstić information content (AvgIpc) is 4.15. The van der Waals surface area contributed by atoms with Crippen LogP contribution in [0, 0.1) is 0 Å². The highest BCUT2D eigenvalue weighted by molar-refractivity contribution is 6.13. The molecule has 64 heavy (non-hydrogen) atoms. The average molecular weight is 855 g/mol. The van der Waals surface area contributed by atoms with E-state index in [2.05, 4.69) is 9.55 Å². The summed E-state index contributed by atoms with van der Waals surface area (Å²) in [7, 11) is 0. The minimum absolute atomic E-state index is 0.0311. The van der Waals surface area contributed by atoms with E-state index in [0.717, 1.165) is 22.3 Å². The first kappa shape index (κ1) is 41.9. The van der Waals surface area contributed by atoms with E-state index in [9.17, 15) is 20.4 Å². The summed E-state index contributed by atoms with van der Waals surface area (Å²) < 4.78 is 27.6. The number of H-pyrrole nitrogens is 1. The van der Waals surface area contributed by atoms with Gasteiger partial charge in [0.25, 0.3) is 0 Å². The van der Waals surface area contributed by atoms with Crippen LogP contribution in [-0.4, -0.2) is 92.8 Å². The molecule has 2 aliphatic rings. The van der Waals surface area contributed by atoms with Crippen LogP contribution in [0.2, 0.25) is 0 Å². The van der Waals surface area contributed by atoms with E-state index < -0.39 is 0 Å². The van der Waals surface area contributed by atoms with Crippen LogP contribution in [0.5, 0.6) is 23.0 Å². The van der Waals surface area contributed by atoms with Crippen molar-refractivity contribution in [2.75, 3.05) is 52.9 Å². The molecule has 3 aromatic heterocycles. The molecular weight excluding hydrogens is 809 g/mol. The highest BCUT2D eigenvalue weighted by Gasteiger charge is 2.30. The standard InChI is InChI=1S/C52H46N4O8/c57-23-27-61-45-13-5-1-9-39(45)49-42-22-21-37(55-42)32-36-18-17-34(53-36)31-35-19-20-38(54-35)33-44-50(40-10-2-6-14-46(40)62-28-24-58)51(41-11-3-7-15-47(41)63-29-25-59)52(49)56(44)43-12-4-8-16-48(43)64-30-26-60/h1-22,31-33,53,57-60H,23-30H2. The van der Waals surface area contributed by atoms with Crippen LogP contribution < -0.4 is 18.9 Å². The third-order valence-corrected chi connectivity index (χ3v) is 10.6. The Morgan fingerprint density at radius 2 is 0.875 bits per heavy atom. The van der Waals surface area contributed by atoms with Gasteiger partial charge in [-0.15, -0.1) is 0 Å². The van der Waals surface area contributed by atoms with Crippen molar-refractivity contribution in [1.82, 2.24) is 19.5 Å². The first-order valence-corrected chi connectivity index (χ1v) is 21.1. The molecule has 12 nitrogen and oxygen atoms in total. The summed E-state index contributed by atoms with van der Waals surface area (Å²) >= 11 is 0. The van der Waals surface area contributed by atoms with E-state index in [4.69, 9.17) is 28.9 Å². The maximum absolute atomic E-state index is 10.1. The third kappa shape index (κ3) is 8.50. The summed E-state index contributed by atoms with van der Waals surface area (Å²) in [6, 6.07) is 40.7. The van der Waals surface area contributed by atoms with Crippen molar-refractivity contribution in [1.29, 1.82) is 0 Å². The quantitative estimate of drug-likeness (QED) is 0.0636. The maximum Gasteiger partial charge on any atom is 0.143 e. The number of aliphatic hydroxyl groups excluding tert-OH is 4. The molecule has 322 valence electrons. The predicted octanol–water partition coefficient (Wildman–Crippen LogP) is 8.60. The fraction of sp³-hybridized carbons (Fsp3) is 0.154. The lowest BCUT2D eigenvalue weighted by Crippen LogP contribution is -2.06. The van der Waals surface area contributed by atoms with E-state index in [1.807, 2.05) is 152 Å². The lowest BCUT2D eigenvalue weighted by molar-refractivity contribution is 0.201. The normalized spacial score (nSPS) is 11.8. The van der Waals surface area contributed by atoms with E-state index in [1.54, 1.807) is 0 Å². The van der Waals surface area contributed by atoms with Gasteiger partial charge in [-0.2, -0.15) is 0 Å². The van der Waals surface area contributed by atoms with Crippen molar-refractivity contribution in [3.8, 4) is 62.1 Å². The number of aromatic amines is 1. The monoisotopic (exact) mass is 854 g/mol. The number of nitrogens with one attached hydrogen (secondary N) is 1.